The van der Waals surface area contributed by atoms with E-state index < -0.39 is 26.6 Å². The Morgan fingerprint density at radius 2 is 2.04 bits per heavy atom. The van der Waals surface area contributed by atoms with Crippen molar-refractivity contribution in [3.8, 4) is 0 Å². The Labute approximate surface area is 163 Å². The summed E-state index contributed by atoms with van der Waals surface area (Å²) in [4.78, 5) is 14.0. The normalized spacial score (nSPS) is 15.1. The fourth-order valence-electron chi connectivity index (χ4n) is 3.13. The Bertz CT molecular complexity index is 908. The molecule has 0 unspecified atom stereocenters. The average Bonchev–Trinajstić information content (AvgIpc) is 3.39. The van der Waals surface area contributed by atoms with Crippen LogP contribution in [0.5, 0.6) is 0 Å². The Morgan fingerprint density at radius 1 is 1.29 bits per heavy atom. The Balaban J connectivity index is 1.89. The molecule has 7 nitrogen and oxygen atoms in total. The van der Waals surface area contributed by atoms with Gasteiger partial charge in [-0.15, -0.1) is 0 Å². The van der Waals surface area contributed by atoms with Crippen molar-refractivity contribution in [1.82, 2.24) is 9.21 Å². The van der Waals surface area contributed by atoms with Crippen molar-refractivity contribution in [1.29, 1.82) is 0 Å². The number of carbonyl (C=O) groups is 1. The maximum absolute atomic E-state index is 14.3. The molecule has 0 radical (unpaired) electrons. The van der Waals surface area contributed by atoms with Gasteiger partial charge in [-0.2, -0.15) is 4.31 Å². The number of amides is 1. The number of furan rings is 1. The average molecular weight is 410 g/mol. The minimum atomic E-state index is -3.97. The fourth-order valence-corrected chi connectivity index (χ4v) is 4.74. The predicted molar refractivity (Wildman–Crippen MR) is 99.7 cm³/mol. The van der Waals surface area contributed by atoms with Gasteiger partial charge in [0.05, 0.1) is 19.4 Å². The molecule has 1 aliphatic heterocycles. The molecule has 0 aliphatic carbocycles. The number of benzene rings is 1. The zero-order valence-electron chi connectivity index (χ0n) is 15.6. The van der Waals surface area contributed by atoms with Gasteiger partial charge in [0, 0.05) is 32.3 Å². The van der Waals surface area contributed by atoms with Crippen molar-refractivity contribution in [2.45, 2.75) is 24.3 Å². The minimum Gasteiger partial charge on any atom is -0.467 e. The molecule has 0 saturated carbocycles. The number of halogens is 1. The summed E-state index contributed by atoms with van der Waals surface area (Å²) >= 11 is 0. The van der Waals surface area contributed by atoms with Crippen LogP contribution in [0.1, 0.15) is 29.0 Å². The highest BCUT2D eigenvalue weighted by Crippen LogP contribution is 2.25. The molecule has 28 heavy (non-hydrogen) atoms. The lowest BCUT2D eigenvalue weighted by Crippen LogP contribution is -2.34. The Hall–Kier alpha value is -2.23. The number of methoxy groups -OCH3 is 1. The third-order valence-electron chi connectivity index (χ3n) is 4.64. The monoisotopic (exact) mass is 410 g/mol. The van der Waals surface area contributed by atoms with Crippen LogP contribution in [0.3, 0.4) is 0 Å². The van der Waals surface area contributed by atoms with E-state index in [4.69, 9.17) is 9.15 Å². The van der Waals surface area contributed by atoms with Gasteiger partial charge in [0.2, 0.25) is 10.0 Å². The molecule has 2 heterocycles. The van der Waals surface area contributed by atoms with Crippen LogP contribution in [0, 0.1) is 5.82 Å². The molecule has 9 heteroatoms. The summed E-state index contributed by atoms with van der Waals surface area (Å²) in [6.07, 6.45) is 2.99. The van der Waals surface area contributed by atoms with Crippen molar-refractivity contribution in [2.24, 2.45) is 0 Å². The lowest BCUT2D eigenvalue weighted by molar-refractivity contribution is 0.0666. The van der Waals surface area contributed by atoms with E-state index in [1.807, 2.05) is 0 Å². The van der Waals surface area contributed by atoms with Crippen LogP contribution in [0.2, 0.25) is 0 Å². The van der Waals surface area contributed by atoms with E-state index in [1.165, 1.54) is 28.6 Å². The zero-order valence-corrected chi connectivity index (χ0v) is 16.5. The molecule has 152 valence electrons. The van der Waals surface area contributed by atoms with Gasteiger partial charge in [0.1, 0.15) is 16.5 Å². The molecule has 2 aromatic rings. The summed E-state index contributed by atoms with van der Waals surface area (Å²) in [7, 11) is -2.45. The van der Waals surface area contributed by atoms with E-state index >= 15 is 0 Å². The number of sulfonamides is 1. The minimum absolute atomic E-state index is 0.0989. The maximum atomic E-state index is 14.3. The first-order valence-electron chi connectivity index (χ1n) is 9.04. The third kappa shape index (κ3) is 4.43. The molecule has 0 N–H and O–H groups in total. The van der Waals surface area contributed by atoms with Crippen LogP contribution >= 0.6 is 0 Å². The Morgan fingerprint density at radius 3 is 2.68 bits per heavy atom. The number of rotatable bonds is 8. The molecule has 1 amide bonds. The zero-order chi connectivity index (χ0) is 20.1. The van der Waals surface area contributed by atoms with Crippen LogP contribution in [-0.2, 0) is 21.3 Å². The molecule has 1 aromatic carbocycles. The van der Waals surface area contributed by atoms with Crippen molar-refractivity contribution >= 4 is 15.9 Å². The maximum Gasteiger partial charge on any atom is 0.254 e. The molecule has 0 bridgehead atoms. The summed E-state index contributed by atoms with van der Waals surface area (Å²) in [5.74, 6) is -0.708. The summed E-state index contributed by atoms with van der Waals surface area (Å²) < 4.78 is 51.4. The fraction of sp³-hybridized carbons (Fsp3) is 0.421. The van der Waals surface area contributed by atoms with E-state index in [0.29, 0.717) is 25.5 Å². The van der Waals surface area contributed by atoms with Gasteiger partial charge in [-0.1, -0.05) is 0 Å². The molecule has 1 aromatic heterocycles. The van der Waals surface area contributed by atoms with Gasteiger partial charge < -0.3 is 14.1 Å². The lowest BCUT2D eigenvalue weighted by Gasteiger charge is -2.22. The second kappa shape index (κ2) is 8.85. The molecule has 0 spiro atoms. The standard InChI is InChI=1S/C19H23FN2O5S/c1-26-12-10-21(14-16-5-4-11-27-16)19(23)15-6-7-17(20)18(13-15)28(24,25)22-8-2-3-9-22/h4-7,11,13H,2-3,8-10,12,14H2,1H3. The van der Waals surface area contributed by atoms with Crippen LogP contribution in [0.25, 0.3) is 0 Å². The largest absolute Gasteiger partial charge is 0.467 e. The number of ether oxygens (including phenoxy) is 1. The molecular weight excluding hydrogens is 387 g/mol. The Kier molecular flexibility index (Phi) is 6.48. The van der Waals surface area contributed by atoms with Gasteiger partial charge in [0.25, 0.3) is 5.91 Å². The van der Waals surface area contributed by atoms with Gasteiger partial charge in [-0.25, -0.2) is 12.8 Å². The van der Waals surface area contributed by atoms with E-state index in [9.17, 15) is 17.6 Å². The highest BCUT2D eigenvalue weighted by molar-refractivity contribution is 7.89. The molecule has 1 saturated heterocycles. The van der Waals surface area contributed by atoms with E-state index in [-0.39, 0.29) is 18.7 Å². The van der Waals surface area contributed by atoms with Crippen LogP contribution in [-0.4, -0.2) is 56.9 Å². The number of carbonyl (C=O) groups excluding carboxylic acids is 1. The van der Waals surface area contributed by atoms with Gasteiger partial charge in [0.15, 0.2) is 0 Å². The highest BCUT2D eigenvalue weighted by atomic mass is 32.2. The van der Waals surface area contributed by atoms with Crippen molar-refractivity contribution in [3.05, 3.63) is 53.7 Å². The predicted octanol–water partition coefficient (Wildman–Crippen LogP) is 2.49. The molecule has 1 aliphatic rings. The van der Waals surface area contributed by atoms with Gasteiger partial charge >= 0.3 is 0 Å². The summed E-state index contributed by atoms with van der Waals surface area (Å²) in [5, 5.41) is 0. The van der Waals surface area contributed by atoms with Crippen molar-refractivity contribution < 1.29 is 26.8 Å². The lowest BCUT2D eigenvalue weighted by atomic mass is 10.2. The summed E-state index contributed by atoms with van der Waals surface area (Å²) in [5.41, 5.74) is 0.0989. The first kappa shape index (κ1) is 20.5. The second-order valence-corrected chi connectivity index (χ2v) is 8.46. The first-order chi connectivity index (χ1) is 13.4. The quantitative estimate of drug-likeness (QED) is 0.668. The molecular formula is C19H23FN2O5S. The van der Waals surface area contributed by atoms with Crippen molar-refractivity contribution in [3.63, 3.8) is 0 Å². The van der Waals surface area contributed by atoms with Crippen LogP contribution < -0.4 is 0 Å². The number of hydrogen-bond donors (Lipinski definition) is 0. The highest BCUT2D eigenvalue weighted by Gasteiger charge is 2.31. The SMILES string of the molecule is COCCN(Cc1ccco1)C(=O)c1ccc(F)c(S(=O)(=O)N2CCCC2)c1. The van der Waals surface area contributed by atoms with Gasteiger partial charge in [-0.3, -0.25) is 4.79 Å². The van der Waals surface area contributed by atoms with Crippen molar-refractivity contribution in [2.75, 3.05) is 33.4 Å². The first-order valence-corrected chi connectivity index (χ1v) is 10.5. The third-order valence-corrected chi connectivity index (χ3v) is 6.55. The number of nitrogens with zero attached hydrogens (tertiary/aromatic N) is 2. The van der Waals surface area contributed by atoms with Gasteiger partial charge in [-0.05, 0) is 43.2 Å². The second-order valence-electron chi connectivity index (χ2n) is 6.56. The van der Waals surface area contributed by atoms with E-state index in [1.54, 1.807) is 12.1 Å². The molecule has 0 atom stereocenters. The van der Waals surface area contributed by atoms with Crippen LogP contribution in [0.4, 0.5) is 4.39 Å². The summed E-state index contributed by atoms with van der Waals surface area (Å²) in [6, 6.07) is 6.89. The molecule has 1 fully saturated rings. The number of hydrogen-bond acceptors (Lipinski definition) is 5. The smallest absolute Gasteiger partial charge is 0.254 e. The molecule has 3 rings (SSSR count). The topological polar surface area (TPSA) is 80.1 Å². The van der Waals surface area contributed by atoms with E-state index in [2.05, 4.69) is 0 Å². The van der Waals surface area contributed by atoms with Crippen LogP contribution in [0.15, 0.2) is 45.9 Å². The summed E-state index contributed by atoms with van der Waals surface area (Å²) in [6.45, 7) is 1.49. The van der Waals surface area contributed by atoms with E-state index in [0.717, 1.165) is 25.0 Å².